The van der Waals surface area contributed by atoms with Crippen molar-refractivity contribution >= 4 is 27.4 Å². The molecule has 8 nitrogen and oxygen atoms in total. The van der Waals surface area contributed by atoms with Crippen LogP contribution in [0.1, 0.15) is 61.4 Å². The van der Waals surface area contributed by atoms with Crippen LogP contribution in [0, 0.1) is 0 Å². The van der Waals surface area contributed by atoms with E-state index >= 15 is 0 Å². The summed E-state index contributed by atoms with van der Waals surface area (Å²) < 4.78 is 28.6. The minimum Gasteiger partial charge on any atom is -0.353 e. The molecule has 0 unspecified atom stereocenters. The van der Waals surface area contributed by atoms with Crippen LogP contribution in [0.2, 0.25) is 0 Å². The summed E-state index contributed by atoms with van der Waals surface area (Å²) in [4.78, 5) is 20.1. The van der Waals surface area contributed by atoms with Crippen molar-refractivity contribution in [3.05, 3.63) is 47.7 Å². The van der Waals surface area contributed by atoms with E-state index in [4.69, 9.17) is 0 Å². The SMILES string of the molecule is CCCc1ccc(S(=O)(=O)Nc2cnc(N3CCNCC3)c(C(=O)NC3CCCCC3)c2)cc1. The zero-order chi connectivity index (χ0) is 24.0. The van der Waals surface area contributed by atoms with Crippen LogP contribution in [0.25, 0.3) is 0 Å². The second-order valence-corrected chi connectivity index (χ2v) is 10.8. The van der Waals surface area contributed by atoms with Gasteiger partial charge in [-0.2, -0.15) is 0 Å². The van der Waals surface area contributed by atoms with Gasteiger partial charge in [-0.05, 0) is 43.0 Å². The highest BCUT2D eigenvalue weighted by Crippen LogP contribution is 2.25. The van der Waals surface area contributed by atoms with Crippen molar-refractivity contribution in [1.29, 1.82) is 0 Å². The van der Waals surface area contributed by atoms with Gasteiger partial charge in [0.2, 0.25) is 0 Å². The van der Waals surface area contributed by atoms with Crippen LogP contribution in [0.3, 0.4) is 0 Å². The summed E-state index contributed by atoms with van der Waals surface area (Å²) in [6.07, 6.45) is 8.79. The van der Waals surface area contributed by atoms with Crippen LogP contribution in [-0.4, -0.2) is 51.5 Å². The number of piperazine rings is 1. The molecule has 4 rings (SSSR count). The third kappa shape index (κ3) is 6.07. The number of nitrogens with zero attached hydrogens (tertiary/aromatic N) is 2. The Bertz CT molecular complexity index is 1080. The zero-order valence-corrected chi connectivity index (χ0v) is 20.7. The van der Waals surface area contributed by atoms with Gasteiger partial charge < -0.3 is 15.5 Å². The van der Waals surface area contributed by atoms with E-state index in [9.17, 15) is 13.2 Å². The number of amides is 1. The van der Waals surface area contributed by atoms with Crippen molar-refractivity contribution in [2.45, 2.75) is 62.8 Å². The van der Waals surface area contributed by atoms with Gasteiger partial charge in [0.25, 0.3) is 15.9 Å². The van der Waals surface area contributed by atoms with E-state index in [1.54, 1.807) is 18.2 Å². The Balaban J connectivity index is 1.58. The molecule has 3 N–H and O–H groups in total. The van der Waals surface area contributed by atoms with Crippen molar-refractivity contribution in [2.24, 2.45) is 0 Å². The van der Waals surface area contributed by atoms with E-state index < -0.39 is 10.0 Å². The van der Waals surface area contributed by atoms with Crippen molar-refractivity contribution in [1.82, 2.24) is 15.6 Å². The summed E-state index contributed by atoms with van der Waals surface area (Å²) in [5, 5.41) is 6.47. The van der Waals surface area contributed by atoms with Gasteiger partial charge in [0.05, 0.1) is 22.3 Å². The maximum absolute atomic E-state index is 13.3. The average molecular weight is 486 g/mol. The Morgan fingerprint density at radius 1 is 1.12 bits per heavy atom. The van der Waals surface area contributed by atoms with Crippen LogP contribution in [0.15, 0.2) is 41.4 Å². The summed E-state index contributed by atoms with van der Waals surface area (Å²) in [6, 6.07) is 8.68. The molecule has 1 aliphatic carbocycles. The number of sulfonamides is 1. The third-order valence-electron chi connectivity index (χ3n) is 6.49. The Morgan fingerprint density at radius 2 is 1.82 bits per heavy atom. The number of carbonyl (C=O) groups is 1. The first-order valence-corrected chi connectivity index (χ1v) is 13.8. The lowest BCUT2D eigenvalue weighted by atomic mass is 9.95. The van der Waals surface area contributed by atoms with Gasteiger partial charge in [-0.15, -0.1) is 0 Å². The molecular formula is C25H35N5O3S. The highest BCUT2D eigenvalue weighted by Gasteiger charge is 2.24. The molecule has 2 fully saturated rings. The number of rotatable bonds is 8. The molecule has 2 heterocycles. The molecule has 2 aromatic rings. The number of nitrogens with one attached hydrogen (secondary N) is 3. The topological polar surface area (TPSA) is 103 Å². The average Bonchev–Trinajstić information content (AvgIpc) is 2.85. The monoisotopic (exact) mass is 485 g/mol. The van der Waals surface area contributed by atoms with Crippen LogP contribution < -0.4 is 20.3 Å². The number of anilines is 2. The predicted octanol–water partition coefficient (Wildman–Crippen LogP) is 3.31. The van der Waals surface area contributed by atoms with Crippen LogP contribution in [-0.2, 0) is 16.4 Å². The summed E-state index contributed by atoms with van der Waals surface area (Å²) >= 11 is 0. The Kier molecular flexibility index (Phi) is 8.05. The number of hydrogen-bond acceptors (Lipinski definition) is 6. The number of benzene rings is 1. The van der Waals surface area contributed by atoms with E-state index in [0.717, 1.165) is 70.3 Å². The number of pyridine rings is 1. The Hall–Kier alpha value is -2.65. The van der Waals surface area contributed by atoms with Crippen LogP contribution in [0.5, 0.6) is 0 Å². The zero-order valence-electron chi connectivity index (χ0n) is 19.8. The normalized spacial score (nSPS) is 17.4. The molecule has 34 heavy (non-hydrogen) atoms. The fourth-order valence-corrected chi connectivity index (χ4v) is 5.69. The fourth-order valence-electron chi connectivity index (χ4n) is 4.66. The number of aromatic nitrogens is 1. The molecule has 1 amide bonds. The van der Waals surface area contributed by atoms with E-state index in [1.165, 1.54) is 12.6 Å². The lowest BCUT2D eigenvalue weighted by Crippen LogP contribution is -2.45. The minimum absolute atomic E-state index is 0.152. The molecule has 1 aromatic heterocycles. The molecule has 0 atom stereocenters. The van der Waals surface area contributed by atoms with E-state index in [0.29, 0.717) is 11.4 Å². The maximum atomic E-state index is 13.3. The quantitative estimate of drug-likeness (QED) is 0.530. The predicted molar refractivity (Wildman–Crippen MR) is 135 cm³/mol. The van der Waals surface area contributed by atoms with Crippen molar-refractivity contribution in [2.75, 3.05) is 35.8 Å². The van der Waals surface area contributed by atoms with Crippen molar-refractivity contribution < 1.29 is 13.2 Å². The molecule has 1 aliphatic heterocycles. The molecular weight excluding hydrogens is 450 g/mol. The second kappa shape index (κ2) is 11.2. The number of aryl methyl sites for hydroxylation is 1. The van der Waals surface area contributed by atoms with Crippen molar-refractivity contribution in [3.8, 4) is 0 Å². The van der Waals surface area contributed by atoms with Gasteiger partial charge in [-0.1, -0.05) is 44.7 Å². The fraction of sp³-hybridized carbons (Fsp3) is 0.520. The maximum Gasteiger partial charge on any atom is 0.261 e. The highest BCUT2D eigenvalue weighted by atomic mass is 32.2. The molecule has 0 spiro atoms. The third-order valence-corrected chi connectivity index (χ3v) is 7.89. The molecule has 1 saturated heterocycles. The van der Waals surface area contributed by atoms with Gasteiger partial charge in [-0.3, -0.25) is 9.52 Å². The molecule has 9 heteroatoms. The molecule has 1 saturated carbocycles. The minimum atomic E-state index is -3.80. The second-order valence-electron chi connectivity index (χ2n) is 9.14. The summed E-state index contributed by atoms with van der Waals surface area (Å²) in [5.74, 6) is 0.402. The highest BCUT2D eigenvalue weighted by molar-refractivity contribution is 7.92. The van der Waals surface area contributed by atoms with Gasteiger partial charge in [0, 0.05) is 32.2 Å². The van der Waals surface area contributed by atoms with Crippen LogP contribution in [0.4, 0.5) is 11.5 Å². The Morgan fingerprint density at radius 3 is 2.50 bits per heavy atom. The van der Waals surface area contributed by atoms with Gasteiger partial charge in [0.1, 0.15) is 5.82 Å². The summed E-state index contributed by atoms with van der Waals surface area (Å²) in [6.45, 7) is 5.20. The lowest BCUT2D eigenvalue weighted by Gasteiger charge is -2.30. The summed E-state index contributed by atoms with van der Waals surface area (Å²) in [7, 11) is -3.80. The van der Waals surface area contributed by atoms with E-state index in [1.807, 2.05) is 12.1 Å². The lowest BCUT2D eigenvalue weighted by molar-refractivity contribution is 0.0928. The van der Waals surface area contributed by atoms with Gasteiger partial charge in [0.15, 0.2) is 0 Å². The number of carbonyl (C=O) groups excluding carboxylic acids is 1. The molecule has 1 aromatic carbocycles. The van der Waals surface area contributed by atoms with Crippen LogP contribution >= 0.6 is 0 Å². The van der Waals surface area contributed by atoms with Crippen molar-refractivity contribution in [3.63, 3.8) is 0 Å². The standard InChI is InChI=1S/C25H35N5O3S/c1-2-6-19-9-11-22(12-10-19)34(32,33)29-21-17-23(25(31)28-20-7-4-3-5-8-20)24(27-18-21)30-15-13-26-14-16-30/h9-12,17-18,20,26,29H,2-8,13-16H2,1H3,(H,28,31). The first-order chi connectivity index (χ1) is 16.5. The Labute approximate surface area is 202 Å². The summed E-state index contributed by atoms with van der Waals surface area (Å²) in [5.41, 5.74) is 1.79. The largest absolute Gasteiger partial charge is 0.353 e. The smallest absolute Gasteiger partial charge is 0.261 e. The van der Waals surface area contributed by atoms with E-state index in [-0.39, 0.29) is 22.5 Å². The molecule has 0 radical (unpaired) electrons. The first kappa shape index (κ1) is 24.5. The molecule has 184 valence electrons. The number of hydrogen-bond donors (Lipinski definition) is 3. The first-order valence-electron chi connectivity index (χ1n) is 12.3. The van der Waals surface area contributed by atoms with Gasteiger partial charge >= 0.3 is 0 Å². The molecule has 0 bridgehead atoms. The van der Waals surface area contributed by atoms with E-state index in [2.05, 4.69) is 32.2 Å². The van der Waals surface area contributed by atoms with Gasteiger partial charge in [-0.25, -0.2) is 13.4 Å². The molecule has 2 aliphatic rings.